The number of Topliss-reactive ketones (excluding diaryl/α,β-unsaturated/α-hetero) is 1. The van der Waals surface area contributed by atoms with Gasteiger partial charge in [-0.3, -0.25) is 0 Å². The monoisotopic (exact) mass is 173 g/mol. The summed E-state index contributed by atoms with van der Waals surface area (Å²) in [5.41, 5.74) is 0. The molecule has 0 rings (SSSR count). The van der Waals surface area contributed by atoms with Gasteiger partial charge in [-0.1, -0.05) is 6.92 Å². The van der Waals surface area contributed by atoms with Crippen LogP contribution in [-0.4, -0.2) is 5.78 Å². The predicted molar refractivity (Wildman–Crippen MR) is 24.9 cm³/mol. The second-order valence-corrected chi connectivity index (χ2v) is 1.37. The van der Waals surface area contributed by atoms with Gasteiger partial charge in [-0.05, 0) is 5.78 Å². The summed E-state index contributed by atoms with van der Waals surface area (Å²) in [7, 11) is 0. The van der Waals surface area contributed by atoms with E-state index in [1.54, 1.807) is 6.92 Å². The molecule has 1 unspecified atom stereocenters. The minimum Gasteiger partial charge on any atom is -0.342 e. The van der Waals surface area contributed by atoms with Crippen molar-refractivity contribution in [2.24, 2.45) is 5.92 Å². The van der Waals surface area contributed by atoms with Crippen molar-refractivity contribution in [3.05, 3.63) is 13.8 Å². The van der Waals surface area contributed by atoms with Crippen LogP contribution >= 0.6 is 0 Å². The van der Waals surface area contributed by atoms with E-state index in [0.717, 1.165) is 0 Å². The molecule has 0 saturated heterocycles. The van der Waals surface area contributed by atoms with E-state index in [0.29, 0.717) is 0 Å². The Kier molecular flexibility index (Phi) is 7.26. The quantitative estimate of drug-likeness (QED) is 0.537. The SMILES string of the molecule is [CH2-]C(=O)C([CH2-])C.[Y]. The number of rotatable bonds is 1. The smallest absolute Gasteiger partial charge is 0 e. The van der Waals surface area contributed by atoms with Gasteiger partial charge in [-0.15, -0.1) is 5.92 Å². The topological polar surface area (TPSA) is 17.1 Å². The third-order valence-corrected chi connectivity index (χ3v) is 0.550. The Hall–Kier alpha value is 0.644. The maximum Gasteiger partial charge on any atom is 0 e. The standard InChI is InChI=1S/C5H8O.Y/c1-4(2)5(3)6;/h4H,1,3H2,2H3;/q-2;. The Labute approximate surface area is 69.7 Å². The van der Waals surface area contributed by atoms with E-state index in [9.17, 15) is 4.79 Å². The van der Waals surface area contributed by atoms with Crippen molar-refractivity contribution in [3.63, 3.8) is 0 Å². The minimum absolute atomic E-state index is 0. The fourth-order valence-electron chi connectivity index (χ4n) is 0. The summed E-state index contributed by atoms with van der Waals surface area (Å²) in [6.07, 6.45) is 0. The molecule has 2 heteroatoms. The summed E-state index contributed by atoms with van der Waals surface area (Å²) in [5.74, 6) is -0.250. The van der Waals surface area contributed by atoms with Crippen LogP contribution in [0.1, 0.15) is 6.92 Å². The summed E-state index contributed by atoms with van der Waals surface area (Å²) in [4.78, 5) is 9.97. The molecule has 39 valence electrons. The van der Waals surface area contributed by atoms with Crippen LogP contribution in [0.2, 0.25) is 0 Å². The van der Waals surface area contributed by atoms with E-state index < -0.39 is 0 Å². The van der Waals surface area contributed by atoms with Crippen molar-refractivity contribution in [2.45, 2.75) is 6.92 Å². The second kappa shape index (κ2) is 4.79. The van der Waals surface area contributed by atoms with Gasteiger partial charge in [-0.2, -0.15) is 0 Å². The minimum atomic E-state index is -0.148. The summed E-state index contributed by atoms with van der Waals surface area (Å²) < 4.78 is 0. The molecule has 0 N–H and O–H groups in total. The van der Waals surface area contributed by atoms with Crippen LogP contribution in [0, 0.1) is 19.8 Å². The largest absolute Gasteiger partial charge is 0.342 e. The molecule has 0 aliphatic carbocycles. The van der Waals surface area contributed by atoms with Crippen LogP contribution in [-0.2, 0) is 37.5 Å². The van der Waals surface area contributed by atoms with Gasteiger partial charge in [0, 0.05) is 32.7 Å². The molecule has 1 radical (unpaired) electrons. The molecule has 0 aromatic rings. The summed E-state index contributed by atoms with van der Waals surface area (Å²) in [5, 5.41) is 0. The summed E-state index contributed by atoms with van der Waals surface area (Å²) >= 11 is 0. The van der Waals surface area contributed by atoms with Crippen molar-refractivity contribution < 1.29 is 37.5 Å². The van der Waals surface area contributed by atoms with Crippen molar-refractivity contribution in [1.29, 1.82) is 0 Å². The fourth-order valence-corrected chi connectivity index (χ4v) is 0. The maximum atomic E-state index is 9.97. The first-order valence-electron chi connectivity index (χ1n) is 1.83. The Bertz CT molecular complexity index is 59.1. The third kappa shape index (κ3) is 6.64. The van der Waals surface area contributed by atoms with E-state index >= 15 is 0 Å². The van der Waals surface area contributed by atoms with Gasteiger partial charge in [0.25, 0.3) is 0 Å². The molecule has 0 amide bonds. The van der Waals surface area contributed by atoms with Crippen LogP contribution in [0.5, 0.6) is 0 Å². The molecule has 1 nitrogen and oxygen atoms in total. The Morgan fingerprint density at radius 2 is 1.86 bits per heavy atom. The molecule has 0 heterocycles. The first-order valence-corrected chi connectivity index (χ1v) is 1.83. The van der Waals surface area contributed by atoms with Gasteiger partial charge >= 0.3 is 0 Å². The first-order chi connectivity index (χ1) is 2.64. The van der Waals surface area contributed by atoms with Crippen LogP contribution < -0.4 is 0 Å². The maximum absolute atomic E-state index is 9.97. The van der Waals surface area contributed by atoms with Gasteiger partial charge in [0.1, 0.15) is 0 Å². The number of hydrogen-bond acceptors (Lipinski definition) is 1. The van der Waals surface area contributed by atoms with Crippen LogP contribution in [0.15, 0.2) is 0 Å². The molecule has 7 heavy (non-hydrogen) atoms. The molecule has 0 saturated carbocycles. The molecule has 0 aliphatic heterocycles. The van der Waals surface area contributed by atoms with Crippen LogP contribution in [0.25, 0.3) is 0 Å². The second-order valence-electron chi connectivity index (χ2n) is 1.37. The van der Waals surface area contributed by atoms with Crippen molar-refractivity contribution in [2.75, 3.05) is 0 Å². The van der Waals surface area contributed by atoms with E-state index in [4.69, 9.17) is 0 Å². The van der Waals surface area contributed by atoms with E-state index in [-0.39, 0.29) is 44.4 Å². The Balaban J connectivity index is 0. The van der Waals surface area contributed by atoms with Crippen LogP contribution in [0.3, 0.4) is 0 Å². The molecule has 0 aliphatic rings. The average Bonchev–Trinajstić information content (AvgIpc) is 1.36. The predicted octanol–water partition coefficient (Wildman–Crippen LogP) is 0.857. The zero-order valence-corrected chi connectivity index (χ0v) is 7.32. The zero-order valence-electron chi connectivity index (χ0n) is 4.48. The van der Waals surface area contributed by atoms with Crippen molar-refractivity contribution >= 4 is 5.78 Å². The van der Waals surface area contributed by atoms with Gasteiger partial charge in [-0.25, -0.2) is 0 Å². The molecule has 0 spiro atoms. The molecular weight excluding hydrogens is 165 g/mol. The van der Waals surface area contributed by atoms with Crippen molar-refractivity contribution in [3.8, 4) is 0 Å². The normalized spacial score (nSPS) is 11.7. The molecule has 0 aromatic heterocycles. The summed E-state index contributed by atoms with van der Waals surface area (Å²) in [6, 6.07) is 0. The van der Waals surface area contributed by atoms with Gasteiger partial charge in [0.05, 0.1) is 0 Å². The average molecular weight is 173 g/mol. The van der Waals surface area contributed by atoms with Gasteiger partial charge in [0.2, 0.25) is 0 Å². The Morgan fingerprint density at radius 3 is 1.86 bits per heavy atom. The number of ketones is 1. The third-order valence-electron chi connectivity index (χ3n) is 0.550. The molecular formula is C5H8OY-2. The van der Waals surface area contributed by atoms with E-state index in [2.05, 4.69) is 13.8 Å². The van der Waals surface area contributed by atoms with E-state index in [1.165, 1.54) is 0 Å². The molecule has 1 atom stereocenters. The van der Waals surface area contributed by atoms with Crippen LogP contribution in [0.4, 0.5) is 0 Å². The van der Waals surface area contributed by atoms with Gasteiger partial charge < -0.3 is 18.6 Å². The summed E-state index contributed by atoms with van der Waals surface area (Å²) in [6.45, 7) is 8.28. The van der Waals surface area contributed by atoms with E-state index in [1.807, 2.05) is 0 Å². The molecule has 0 fully saturated rings. The van der Waals surface area contributed by atoms with Gasteiger partial charge in [0.15, 0.2) is 0 Å². The Morgan fingerprint density at radius 1 is 1.71 bits per heavy atom. The molecule has 0 bridgehead atoms. The first kappa shape index (κ1) is 10.6. The number of hydrogen-bond donors (Lipinski definition) is 0. The fraction of sp³-hybridized carbons (Fsp3) is 0.400. The number of carbonyl (C=O) groups excluding carboxylic acids is 1. The van der Waals surface area contributed by atoms with Crippen molar-refractivity contribution in [1.82, 2.24) is 0 Å². The number of carbonyl (C=O) groups is 1. The zero-order chi connectivity index (χ0) is 5.15. The molecule has 0 aromatic carbocycles.